The van der Waals surface area contributed by atoms with Gasteiger partial charge < -0.3 is 14.7 Å². The zero-order chi connectivity index (χ0) is 21.2. The second kappa shape index (κ2) is 12.7. The lowest BCUT2D eigenvalue weighted by atomic mass is 9.79. The molecule has 168 valence electrons. The van der Waals surface area contributed by atoms with Crippen LogP contribution >= 0.6 is 0 Å². The Morgan fingerprint density at radius 3 is 2.10 bits per heavy atom. The molecular formula is C24H45N3O2. The molecule has 0 aromatic heterocycles. The van der Waals surface area contributed by atoms with Crippen LogP contribution in [0.5, 0.6) is 0 Å². The van der Waals surface area contributed by atoms with Crippen LogP contribution in [0.2, 0.25) is 0 Å². The van der Waals surface area contributed by atoms with Crippen LogP contribution in [0.4, 0.5) is 0 Å². The molecule has 1 atom stereocenters. The zero-order valence-corrected chi connectivity index (χ0v) is 19.5. The average molecular weight is 408 g/mol. The van der Waals surface area contributed by atoms with Gasteiger partial charge in [0.1, 0.15) is 5.78 Å². The van der Waals surface area contributed by atoms with Crippen LogP contribution in [0.3, 0.4) is 0 Å². The van der Waals surface area contributed by atoms with Gasteiger partial charge >= 0.3 is 0 Å². The van der Waals surface area contributed by atoms with E-state index in [4.69, 9.17) is 0 Å². The van der Waals surface area contributed by atoms with Crippen LogP contribution in [-0.4, -0.2) is 79.3 Å². The fraction of sp³-hybridized carbons (Fsp3) is 0.917. The molecule has 0 aromatic carbocycles. The molecule has 3 rings (SSSR count). The van der Waals surface area contributed by atoms with E-state index in [-0.39, 0.29) is 11.8 Å². The van der Waals surface area contributed by atoms with Crippen LogP contribution in [0, 0.1) is 17.8 Å². The highest BCUT2D eigenvalue weighted by atomic mass is 16.2. The minimum Gasteiger partial charge on any atom is -0.342 e. The van der Waals surface area contributed by atoms with Gasteiger partial charge in [0.15, 0.2) is 0 Å². The van der Waals surface area contributed by atoms with Gasteiger partial charge in [-0.1, -0.05) is 13.8 Å². The Morgan fingerprint density at radius 2 is 1.48 bits per heavy atom. The summed E-state index contributed by atoms with van der Waals surface area (Å²) in [5, 5.41) is 0. The first-order chi connectivity index (χ1) is 14.0. The smallest absolute Gasteiger partial charge is 0.225 e. The van der Waals surface area contributed by atoms with E-state index in [0.717, 1.165) is 45.2 Å². The van der Waals surface area contributed by atoms with Crippen molar-refractivity contribution in [3.63, 3.8) is 0 Å². The number of likely N-dealkylation sites (N-methyl/N-ethyl adjacent to an activating group) is 1. The summed E-state index contributed by atoms with van der Waals surface area (Å²) in [5.41, 5.74) is 0. The number of amides is 1. The van der Waals surface area contributed by atoms with Crippen LogP contribution in [-0.2, 0) is 9.59 Å². The molecule has 1 amide bonds. The maximum Gasteiger partial charge on any atom is 0.225 e. The van der Waals surface area contributed by atoms with Crippen molar-refractivity contribution in [2.75, 3.05) is 52.9 Å². The second-order valence-corrected chi connectivity index (χ2v) is 9.24. The Labute approximate surface area is 179 Å². The maximum atomic E-state index is 13.0. The Kier molecular flexibility index (Phi) is 10.6. The highest BCUT2D eigenvalue weighted by Crippen LogP contribution is 2.32. The van der Waals surface area contributed by atoms with Crippen molar-refractivity contribution in [3.05, 3.63) is 0 Å². The van der Waals surface area contributed by atoms with E-state index in [0.29, 0.717) is 17.6 Å². The molecular weight excluding hydrogens is 362 g/mol. The molecule has 3 aliphatic rings. The molecule has 1 aliphatic carbocycles. The van der Waals surface area contributed by atoms with Crippen molar-refractivity contribution in [2.24, 2.45) is 17.8 Å². The van der Waals surface area contributed by atoms with Crippen molar-refractivity contribution in [1.29, 1.82) is 0 Å². The standard InChI is InChI=1S/C22H39N3O2.C2H6/c1-18(26)20-7-9-21(10-8-20)22(27)25-12-4-6-19(17-25)5-3-11-24-15-13-23(2)14-16-24;1-2/h19-21H,3-17H2,1-2H3;1-2H3. The number of hydrogen-bond acceptors (Lipinski definition) is 4. The van der Waals surface area contributed by atoms with Gasteiger partial charge in [0.2, 0.25) is 5.91 Å². The monoisotopic (exact) mass is 407 g/mol. The van der Waals surface area contributed by atoms with Gasteiger partial charge in [-0.15, -0.1) is 0 Å². The van der Waals surface area contributed by atoms with E-state index < -0.39 is 0 Å². The van der Waals surface area contributed by atoms with E-state index in [2.05, 4.69) is 21.7 Å². The summed E-state index contributed by atoms with van der Waals surface area (Å²) in [5.74, 6) is 1.74. The fourth-order valence-electron chi connectivity index (χ4n) is 5.18. The summed E-state index contributed by atoms with van der Waals surface area (Å²) in [4.78, 5) is 31.7. The number of piperazine rings is 1. The molecule has 0 spiro atoms. The molecule has 0 N–H and O–H groups in total. The molecule has 5 nitrogen and oxygen atoms in total. The summed E-state index contributed by atoms with van der Waals surface area (Å²) in [6, 6.07) is 0. The Bertz CT molecular complexity index is 494. The summed E-state index contributed by atoms with van der Waals surface area (Å²) >= 11 is 0. The van der Waals surface area contributed by atoms with Crippen LogP contribution in [0.15, 0.2) is 0 Å². The lowest BCUT2D eigenvalue weighted by Crippen LogP contribution is -2.45. The minimum absolute atomic E-state index is 0.171. The van der Waals surface area contributed by atoms with Crippen LogP contribution < -0.4 is 0 Å². The SMILES string of the molecule is CC.CC(=O)C1CCC(C(=O)N2CCCC(CCCN3CCN(C)CC3)C2)CC1. The van der Waals surface area contributed by atoms with E-state index in [9.17, 15) is 9.59 Å². The molecule has 1 saturated carbocycles. The molecule has 1 unspecified atom stereocenters. The number of nitrogens with zero attached hydrogens (tertiary/aromatic N) is 3. The van der Waals surface area contributed by atoms with E-state index in [1.807, 2.05) is 13.8 Å². The number of carbonyl (C=O) groups is 2. The van der Waals surface area contributed by atoms with Gasteiger partial charge in [-0.25, -0.2) is 0 Å². The van der Waals surface area contributed by atoms with Crippen LogP contribution in [0.1, 0.15) is 72.1 Å². The summed E-state index contributed by atoms with van der Waals surface area (Å²) < 4.78 is 0. The number of piperidine rings is 1. The Morgan fingerprint density at radius 1 is 0.862 bits per heavy atom. The summed E-state index contributed by atoms with van der Waals surface area (Å²) in [6.45, 7) is 13.6. The van der Waals surface area contributed by atoms with E-state index >= 15 is 0 Å². The Hall–Kier alpha value is -0.940. The minimum atomic E-state index is 0.171. The summed E-state index contributed by atoms with van der Waals surface area (Å²) in [6.07, 6.45) is 8.61. The number of rotatable bonds is 6. The van der Waals surface area contributed by atoms with Crippen molar-refractivity contribution in [2.45, 2.75) is 72.1 Å². The molecule has 2 aliphatic heterocycles. The van der Waals surface area contributed by atoms with Crippen molar-refractivity contribution in [1.82, 2.24) is 14.7 Å². The topological polar surface area (TPSA) is 43.9 Å². The molecule has 0 radical (unpaired) electrons. The number of Topliss-reactive ketones (excluding diaryl/α,β-unsaturated/α-hetero) is 1. The van der Waals surface area contributed by atoms with Gasteiger partial charge in [-0.05, 0) is 77.8 Å². The molecule has 0 bridgehead atoms. The molecule has 0 aromatic rings. The normalized spacial score (nSPS) is 29.1. The van der Waals surface area contributed by atoms with Gasteiger partial charge in [-0.2, -0.15) is 0 Å². The molecule has 29 heavy (non-hydrogen) atoms. The first-order valence-electron chi connectivity index (χ1n) is 12.2. The number of ketones is 1. The van der Waals surface area contributed by atoms with Gasteiger partial charge in [0, 0.05) is 51.1 Å². The van der Waals surface area contributed by atoms with E-state index in [1.165, 1.54) is 52.0 Å². The maximum absolute atomic E-state index is 13.0. The third kappa shape index (κ3) is 7.67. The zero-order valence-electron chi connectivity index (χ0n) is 19.5. The quantitative estimate of drug-likeness (QED) is 0.674. The van der Waals surface area contributed by atoms with Gasteiger partial charge in [0.25, 0.3) is 0 Å². The third-order valence-electron chi connectivity index (χ3n) is 7.16. The second-order valence-electron chi connectivity index (χ2n) is 9.24. The van der Waals surface area contributed by atoms with Crippen molar-refractivity contribution >= 4 is 11.7 Å². The van der Waals surface area contributed by atoms with E-state index in [1.54, 1.807) is 6.92 Å². The highest BCUT2D eigenvalue weighted by molar-refractivity contribution is 5.81. The molecule has 3 fully saturated rings. The largest absolute Gasteiger partial charge is 0.342 e. The first-order valence-corrected chi connectivity index (χ1v) is 12.2. The first kappa shape index (κ1) is 24.3. The van der Waals surface area contributed by atoms with Crippen LogP contribution in [0.25, 0.3) is 0 Å². The predicted octanol–water partition coefficient (Wildman–Crippen LogP) is 3.67. The highest BCUT2D eigenvalue weighted by Gasteiger charge is 2.32. The number of likely N-dealkylation sites (tertiary alicyclic amines) is 1. The third-order valence-corrected chi connectivity index (χ3v) is 7.16. The lowest BCUT2D eigenvalue weighted by Gasteiger charge is -2.37. The fourth-order valence-corrected chi connectivity index (χ4v) is 5.18. The van der Waals surface area contributed by atoms with Crippen molar-refractivity contribution in [3.8, 4) is 0 Å². The van der Waals surface area contributed by atoms with Gasteiger partial charge in [0.05, 0.1) is 0 Å². The predicted molar refractivity (Wildman–Crippen MR) is 120 cm³/mol. The molecule has 2 saturated heterocycles. The number of hydrogen-bond donors (Lipinski definition) is 0. The van der Waals surface area contributed by atoms with Crippen molar-refractivity contribution < 1.29 is 9.59 Å². The summed E-state index contributed by atoms with van der Waals surface area (Å²) in [7, 11) is 2.21. The lowest BCUT2D eigenvalue weighted by molar-refractivity contribution is -0.139. The molecule has 5 heteroatoms. The Balaban J connectivity index is 0.00000145. The van der Waals surface area contributed by atoms with Gasteiger partial charge in [-0.3, -0.25) is 9.59 Å². The molecule has 2 heterocycles. The average Bonchev–Trinajstić information content (AvgIpc) is 2.76. The number of carbonyl (C=O) groups excluding carboxylic acids is 2.